The van der Waals surface area contributed by atoms with Crippen LogP contribution in [-0.2, 0) is 26.2 Å². The molecule has 0 bridgehead atoms. The number of hydrogen-bond acceptors (Lipinski definition) is 4. The van der Waals surface area contributed by atoms with Gasteiger partial charge in [-0.25, -0.2) is 8.42 Å². The average Bonchev–Trinajstić information content (AvgIpc) is 2.84. The van der Waals surface area contributed by atoms with Gasteiger partial charge in [-0.05, 0) is 56.9 Å². The quantitative estimate of drug-likeness (QED) is 0.393. The largest absolute Gasteiger partial charge is 0.352 e. The lowest BCUT2D eigenvalue weighted by atomic mass is 9.95. The maximum absolute atomic E-state index is 13.9. The third-order valence-electron chi connectivity index (χ3n) is 7.03. The van der Waals surface area contributed by atoms with E-state index in [1.54, 1.807) is 37.3 Å². The van der Waals surface area contributed by atoms with E-state index >= 15 is 0 Å². The summed E-state index contributed by atoms with van der Waals surface area (Å²) in [5, 5.41) is 3.86. The molecule has 0 aliphatic heterocycles. The molecule has 1 aliphatic rings. The van der Waals surface area contributed by atoms with Gasteiger partial charge in [-0.3, -0.25) is 13.9 Å². The summed E-state index contributed by atoms with van der Waals surface area (Å²) in [5.74, 6) is -0.773. The number of rotatable bonds is 10. The van der Waals surface area contributed by atoms with Gasteiger partial charge < -0.3 is 10.2 Å². The smallest absolute Gasteiger partial charge is 0.244 e. The monoisotopic (exact) mass is 581 g/mol. The summed E-state index contributed by atoms with van der Waals surface area (Å²) in [6.45, 7) is 5.06. The number of hydrogen-bond donors (Lipinski definition) is 1. The van der Waals surface area contributed by atoms with Crippen molar-refractivity contribution in [1.29, 1.82) is 0 Å². The van der Waals surface area contributed by atoms with Crippen molar-refractivity contribution >= 4 is 50.7 Å². The first-order chi connectivity index (χ1) is 17.9. The second-order valence-corrected chi connectivity index (χ2v) is 12.8. The summed E-state index contributed by atoms with van der Waals surface area (Å²) in [6, 6.07) is 9.66. The molecule has 0 aromatic heterocycles. The minimum Gasteiger partial charge on any atom is -0.352 e. The number of halogens is 2. The zero-order valence-corrected chi connectivity index (χ0v) is 24.8. The Balaban J connectivity index is 1.98. The van der Waals surface area contributed by atoms with Gasteiger partial charge in [0.25, 0.3) is 0 Å². The lowest BCUT2D eigenvalue weighted by Crippen LogP contribution is -2.54. The van der Waals surface area contributed by atoms with E-state index in [0.29, 0.717) is 27.7 Å². The summed E-state index contributed by atoms with van der Waals surface area (Å²) < 4.78 is 26.8. The van der Waals surface area contributed by atoms with Crippen LogP contribution in [-0.4, -0.2) is 50.0 Å². The summed E-state index contributed by atoms with van der Waals surface area (Å²) in [5.41, 5.74) is 2.63. The van der Waals surface area contributed by atoms with Crippen molar-refractivity contribution in [1.82, 2.24) is 10.2 Å². The van der Waals surface area contributed by atoms with Gasteiger partial charge in [-0.1, -0.05) is 73.2 Å². The molecule has 0 heterocycles. The van der Waals surface area contributed by atoms with Crippen LogP contribution in [0.5, 0.6) is 0 Å². The SMILES string of the molecule is CCC(C(=O)NC1CCCCC1)N(Cc1c(Cl)cccc1Cl)C(=O)CN(c1ccc(C)cc1C)S(C)(=O)=O. The van der Waals surface area contributed by atoms with Gasteiger partial charge in [0.15, 0.2) is 0 Å². The highest BCUT2D eigenvalue weighted by Gasteiger charge is 2.33. The van der Waals surface area contributed by atoms with Crippen molar-refractivity contribution in [3.05, 3.63) is 63.1 Å². The number of carbonyl (C=O) groups is 2. The summed E-state index contributed by atoms with van der Waals surface area (Å²) >= 11 is 12.9. The first-order valence-corrected chi connectivity index (χ1v) is 15.6. The van der Waals surface area contributed by atoms with Gasteiger partial charge in [-0.2, -0.15) is 0 Å². The summed E-state index contributed by atoms with van der Waals surface area (Å²) in [4.78, 5) is 28.8. The van der Waals surface area contributed by atoms with Crippen LogP contribution in [0.3, 0.4) is 0 Å². The zero-order valence-electron chi connectivity index (χ0n) is 22.5. The molecular weight excluding hydrogens is 545 g/mol. The van der Waals surface area contributed by atoms with Crippen molar-refractivity contribution in [2.45, 2.75) is 77.9 Å². The van der Waals surface area contributed by atoms with Gasteiger partial charge in [0, 0.05) is 28.2 Å². The molecule has 2 aromatic carbocycles. The number of benzene rings is 2. The molecule has 38 heavy (non-hydrogen) atoms. The van der Waals surface area contributed by atoms with Gasteiger partial charge in [0.05, 0.1) is 11.9 Å². The molecule has 208 valence electrons. The highest BCUT2D eigenvalue weighted by Crippen LogP contribution is 2.29. The van der Waals surface area contributed by atoms with E-state index in [-0.39, 0.29) is 18.5 Å². The van der Waals surface area contributed by atoms with Crippen molar-refractivity contribution in [3.8, 4) is 0 Å². The molecule has 1 N–H and O–H groups in total. The Morgan fingerprint density at radius 3 is 2.24 bits per heavy atom. The van der Waals surface area contributed by atoms with Crippen molar-refractivity contribution < 1.29 is 18.0 Å². The van der Waals surface area contributed by atoms with Crippen LogP contribution < -0.4 is 9.62 Å². The second kappa shape index (κ2) is 13.2. The topological polar surface area (TPSA) is 86.8 Å². The minimum absolute atomic E-state index is 0.0293. The molecule has 0 radical (unpaired) electrons. The fourth-order valence-electron chi connectivity index (χ4n) is 5.00. The normalized spacial score (nSPS) is 15.1. The first kappa shape index (κ1) is 30.3. The molecule has 1 fully saturated rings. The minimum atomic E-state index is -3.81. The van der Waals surface area contributed by atoms with E-state index in [0.717, 1.165) is 53.8 Å². The summed E-state index contributed by atoms with van der Waals surface area (Å²) in [6.07, 6.45) is 6.48. The van der Waals surface area contributed by atoms with Crippen LogP contribution in [0.2, 0.25) is 10.0 Å². The average molecular weight is 583 g/mol. The van der Waals surface area contributed by atoms with Crippen molar-refractivity contribution in [2.75, 3.05) is 17.1 Å². The van der Waals surface area contributed by atoms with Gasteiger partial charge in [0.1, 0.15) is 12.6 Å². The number of nitrogens with one attached hydrogen (secondary N) is 1. The predicted molar refractivity (Wildman–Crippen MR) is 154 cm³/mol. The van der Waals surface area contributed by atoms with E-state index in [1.165, 1.54) is 4.90 Å². The number of aryl methyl sites for hydroxylation is 2. The molecule has 1 saturated carbocycles. The molecule has 2 amide bonds. The van der Waals surface area contributed by atoms with Gasteiger partial charge in [0.2, 0.25) is 21.8 Å². The highest BCUT2D eigenvalue weighted by molar-refractivity contribution is 7.92. The molecular formula is C28H37Cl2N3O4S. The second-order valence-electron chi connectivity index (χ2n) is 10.0. The number of nitrogens with zero attached hydrogens (tertiary/aromatic N) is 2. The Hall–Kier alpha value is -2.29. The number of sulfonamides is 1. The third kappa shape index (κ3) is 7.64. The Kier molecular flexibility index (Phi) is 10.5. The Morgan fingerprint density at radius 2 is 1.68 bits per heavy atom. The molecule has 10 heteroatoms. The third-order valence-corrected chi connectivity index (χ3v) is 8.86. The van der Waals surface area contributed by atoms with Crippen molar-refractivity contribution in [3.63, 3.8) is 0 Å². The van der Waals surface area contributed by atoms with Crippen LogP contribution >= 0.6 is 23.2 Å². The maximum atomic E-state index is 13.9. The molecule has 2 aromatic rings. The number of amides is 2. The Morgan fingerprint density at radius 1 is 1.05 bits per heavy atom. The van der Waals surface area contributed by atoms with Crippen LogP contribution in [0.25, 0.3) is 0 Å². The number of carbonyl (C=O) groups excluding carboxylic acids is 2. The first-order valence-electron chi connectivity index (χ1n) is 13.0. The molecule has 0 saturated heterocycles. The van der Waals surface area contributed by atoms with E-state index in [1.807, 2.05) is 19.9 Å². The van der Waals surface area contributed by atoms with Crippen molar-refractivity contribution in [2.24, 2.45) is 0 Å². The molecule has 3 rings (SSSR count). The Labute approximate surface area is 236 Å². The van der Waals surface area contributed by atoms with Crippen LogP contribution in [0.4, 0.5) is 5.69 Å². The van der Waals surface area contributed by atoms with Crippen LogP contribution in [0, 0.1) is 13.8 Å². The molecule has 1 unspecified atom stereocenters. The lowest BCUT2D eigenvalue weighted by molar-refractivity contribution is -0.140. The predicted octanol–water partition coefficient (Wildman–Crippen LogP) is 5.63. The molecule has 0 spiro atoms. The molecule has 7 nitrogen and oxygen atoms in total. The Bertz CT molecular complexity index is 1240. The van der Waals surface area contributed by atoms with E-state index in [2.05, 4.69) is 5.32 Å². The van der Waals surface area contributed by atoms with Gasteiger partial charge in [-0.15, -0.1) is 0 Å². The van der Waals surface area contributed by atoms with E-state index in [4.69, 9.17) is 23.2 Å². The fraction of sp³-hybridized carbons (Fsp3) is 0.500. The lowest BCUT2D eigenvalue weighted by Gasteiger charge is -2.34. The van der Waals surface area contributed by atoms with Gasteiger partial charge >= 0.3 is 0 Å². The highest BCUT2D eigenvalue weighted by atomic mass is 35.5. The standard InChI is InChI=1S/C28H37Cl2N3O4S/c1-5-25(28(35)31-21-10-7-6-8-11-21)32(17-22-23(29)12-9-13-24(22)30)27(34)18-33(38(4,36)37)26-15-14-19(2)16-20(26)3/h9,12-16,21,25H,5-8,10-11,17-18H2,1-4H3,(H,31,35). The van der Waals surface area contributed by atoms with E-state index < -0.39 is 28.5 Å². The maximum Gasteiger partial charge on any atom is 0.244 e. The summed E-state index contributed by atoms with van der Waals surface area (Å²) in [7, 11) is -3.81. The van der Waals surface area contributed by atoms with Crippen LogP contribution in [0.1, 0.15) is 62.1 Å². The van der Waals surface area contributed by atoms with E-state index in [9.17, 15) is 18.0 Å². The fourth-order valence-corrected chi connectivity index (χ4v) is 6.42. The van der Waals surface area contributed by atoms with Crippen LogP contribution in [0.15, 0.2) is 36.4 Å². The molecule has 1 aliphatic carbocycles. The zero-order chi connectivity index (χ0) is 28.0. The number of anilines is 1. The molecule has 1 atom stereocenters.